The molecule has 102 valence electrons. The van der Waals surface area contributed by atoms with Crippen molar-refractivity contribution in [3.8, 4) is 0 Å². The first-order chi connectivity index (χ1) is 6.14. The summed E-state index contributed by atoms with van der Waals surface area (Å²) in [7, 11) is -9.84. The van der Waals surface area contributed by atoms with E-state index in [1.807, 2.05) is 0 Å². The number of aliphatic hydroxyl groups excluding tert-OH is 1. The lowest BCUT2D eigenvalue weighted by Crippen LogP contribution is -2.37. The molecule has 12 heteroatoms. The van der Waals surface area contributed by atoms with Crippen LogP contribution in [0, 0.1) is 0 Å². The van der Waals surface area contributed by atoms with Gasteiger partial charge in [0.2, 0.25) is 0 Å². The first kappa shape index (κ1) is 21.4. The molecule has 0 saturated carbocycles. The summed E-state index contributed by atoms with van der Waals surface area (Å²) in [6.07, 6.45) is -2.16. The highest BCUT2D eigenvalue weighted by molar-refractivity contribution is 7.49. The maximum Gasteiger partial charge on any atom is 0.0558 e. The van der Waals surface area contributed by atoms with Crippen LogP contribution in [0.15, 0.2) is 0 Å². The van der Waals surface area contributed by atoms with E-state index in [1.165, 1.54) is 0 Å². The number of nitrogens with zero attached hydrogens (tertiary/aromatic N) is 1. The summed E-state index contributed by atoms with van der Waals surface area (Å²) < 4.78 is 20.5. The van der Waals surface area contributed by atoms with Crippen LogP contribution in [0.25, 0.3) is 0 Å². The molecule has 9 N–H and O–H groups in total. The molecule has 0 aromatic heterocycles. The summed E-state index contributed by atoms with van der Waals surface area (Å²) in [5.74, 6) is 0. The topological polar surface area (TPSA) is 223 Å². The lowest BCUT2D eigenvalue weighted by atomic mass is 10.6. The highest BCUT2D eigenvalue weighted by atomic mass is 31.2. The highest BCUT2D eigenvalue weighted by Crippen LogP contribution is 2.30. The quantitative estimate of drug-likeness (QED) is 0.418. The standard InChI is InChI=1S/C4H13NO7P2.2H3N/c6-2-1-5(3-13(7,8)9)4-14(10,11)12;;/h6H,1-4H2,(H2,7,8,9)(H2,10,11,12);2*1H3/p-2. The van der Waals surface area contributed by atoms with Gasteiger partial charge < -0.3 is 46.1 Å². The SMILES string of the molecule is O=P([O-])([O-])CN(CCO)CP(=O)([O-])[O-].[NH4+].[NH4+]. The third-order valence-electron chi connectivity index (χ3n) is 1.16. The van der Waals surface area contributed by atoms with Gasteiger partial charge in [0.05, 0.1) is 6.61 Å². The number of aliphatic hydroxyl groups is 1. The summed E-state index contributed by atoms with van der Waals surface area (Å²) in [5, 5.41) is 8.40. The number of hydrogen-bond acceptors (Lipinski definition) is 8. The molecule has 0 heterocycles. The Labute approximate surface area is 92.8 Å². The zero-order valence-corrected chi connectivity index (χ0v) is 10.9. The summed E-state index contributed by atoms with van der Waals surface area (Å²) in [5.41, 5.74) is 0. The molecule has 0 aliphatic heterocycles. The van der Waals surface area contributed by atoms with Crippen molar-refractivity contribution in [2.24, 2.45) is 0 Å². The van der Waals surface area contributed by atoms with Crippen molar-refractivity contribution < 1.29 is 33.8 Å². The summed E-state index contributed by atoms with van der Waals surface area (Å²) in [6, 6.07) is 0. The monoisotopic (exact) mass is 281 g/mol. The molecule has 0 unspecified atom stereocenters. The van der Waals surface area contributed by atoms with Crippen molar-refractivity contribution in [3.05, 3.63) is 0 Å². The molecule has 0 saturated heterocycles. The van der Waals surface area contributed by atoms with Crippen LogP contribution in [0.2, 0.25) is 0 Å². The Hall–Kier alpha value is 0.140. The maximum absolute atomic E-state index is 10.3. The molecule has 0 spiro atoms. The predicted molar refractivity (Wildman–Crippen MR) is 50.7 cm³/mol. The molecular formula is C4H17N3O7P2-2. The summed E-state index contributed by atoms with van der Waals surface area (Å²) >= 11 is 0. The average molecular weight is 281 g/mol. The molecule has 0 amide bonds. The Morgan fingerprint density at radius 1 is 0.938 bits per heavy atom. The van der Waals surface area contributed by atoms with E-state index in [9.17, 15) is 28.7 Å². The molecule has 0 atom stereocenters. The van der Waals surface area contributed by atoms with E-state index in [0.717, 1.165) is 0 Å². The first-order valence-corrected chi connectivity index (χ1v) is 6.95. The van der Waals surface area contributed by atoms with Crippen molar-refractivity contribution >= 4 is 15.2 Å². The van der Waals surface area contributed by atoms with E-state index >= 15 is 0 Å². The van der Waals surface area contributed by atoms with Gasteiger partial charge in [0, 0.05) is 19.1 Å². The van der Waals surface area contributed by atoms with Crippen molar-refractivity contribution in [1.29, 1.82) is 0 Å². The van der Waals surface area contributed by atoms with Crippen LogP contribution in [0.3, 0.4) is 0 Å². The van der Waals surface area contributed by atoms with Crippen LogP contribution in [-0.4, -0.2) is 35.7 Å². The number of hydrogen-bond donors (Lipinski definition) is 3. The van der Waals surface area contributed by atoms with Gasteiger partial charge in [0.25, 0.3) is 0 Å². The van der Waals surface area contributed by atoms with Gasteiger partial charge in [-0.25, -0.2) is 0 Å². The molecule has 16 heavy (non-hydrogen) atoms. The van der Waals surface area contributed by atoms with Gasteiger partial charge in [-0.3, -0.25) is 4.90 Å². The Bertz CT molecular complexity index is 238. The Kier molecular flexibility index (Phi) is 11.1. The summed E-state index contributed by atoms with van der Waals surface area (Å²) in [6.45, 7) is -0.900. The van der Waals surface area contributed by atoms with Crippen LogP contribution in [0.4, 0.5) is 0 Å². The number of quaternary nitrogens is 2. The smallest absolute Gasteiger partial charge is 0.0558 e. The maximum atomic E-state index is 10.3. The third-order valence-corrected chi connectivity index (χ3v) is 2.66. The van der Waals surface area contributed by atoms with Crippen molar-refractivity contribution in [2.45, 2.75) is 0 Å². The van der Waals surface area contributed by atoms with Crippen LogP contribution in [-0.2, 0) is 9.13 Å². The van der Waals surface area contributed by atoms with E-state index in [0.29, 0.717) is 4.90 Å². The summed E-state index contributed by atoms with van der Waals surface area (Å²) in [4.78, 5) is 41.6. The van der Waals surface area contributed by atoms with Crippen molar-refractivity contribution in [3.63, 3.8) is 0 Å². The fraction of sp³-hybridized carbons (Fsp3) is 1.00. The lowest BCUT2D eigenvalue weighted by molar-refractivity contribution is -0.318. The zero-order chi connectivity index (χ0) is 11.4. The van der Waals surface area contributed by atoms with E-state index in [1.54, 1.807) is 0 Å². The molecule has 0 aliphatic carbocycles. The molecule has 0 fully saturated rings. The molecular weight excluding hydrogens is 264 g/mol. The third kappa shape index (κ3) is 14.1. The first-order valence-electron chi connectivity index (χ1n) is 3.49. The largest absolute Gasteiger partial charge is 0.810 e. The van der Waals surface area contributed by atoms with E-state index < -0.39 is 34.4 Å². The van der Waals surface area contributed by atoms with E-state index in [2.05, 4.69) is 0 Å². The minimum Gasteiger partial charge on any atom is -0.810 e. The fourth-order valence-electron chi connectivity index (χ4n) is 0.817. The van der Waals surface area contributed by atoms with E-state index in [-0.39, 0.29) is 18.8 Å². The van der Waals surface area contributed by atoms with Gasteiger partial charge in [-0.1, -0.05) is 15.2 Å². The minimum atomic E-state index is -4.92. The minimum absolute atomic E-state index is 0. The second-order valence-electron chi connectivity index (χ2n) is 2.62. The molecule has 0 rings (SSSR count). The van der Waals surface area contributed by atoms with Crippen molar-refractivity contribution in [2.75, 3.05) is 25.7 Å². The molecule has 0 radical (unpaired) electrons. The van der Waals surface area contributed by atoms with Gasteiger partial charge in [-0.15, -0.1) is 0 Å². The molecule has 0 bridgehead atoms. The Balaban J connectivity index is -0.000000845. The highest BCUT2D eigenvalue weighted by Gasteiger charge is 2.07. The molecule has 0 aromatic carbocycles. The molecule has 0 aliphatic rings. The second kappa shape index (κ2) is 8.26. The molecule has 10 nitrogen and oxygen atoms in total. The van der Waals surface area contributed by atoms with E-state index in [4.69, 9.17) is 5.11 Å². The zero-order valence-electron chi connectivity index (χ0n) is 9.07. The van der Waals surface area contributed by atoms with Crippen LogP contribution in [0.5, 0.6) is 0 Å². The lowest BCUT2D eigenvalue weighted by Gasteiger charge is -2.40. The van der Waals surface area contributed by atoms with Gasteiger partial charge in [-0.2, -0.15) is 0 Å². The normalized spacial score (nSPS) is 11.9. The van der Waals surface area contributed by atoms with Crippen molar-refractivity contribution in [1.82, 2.24) is 17.2 Å². The Morgan fingerprint density at radius 3 is 1.44 bits per heavy atom. The van der Waals surface area contributed by atoms with Gasteiger partial charge in [0.15, 0.2) is 0 Å². The van der Waals surface area contributed by atoms with Crippen LogP contribution < -0.4 is 31.9 Å². The average Bonchev–Trinajstić information content (AvgIpc) is 1.78. The van der Waals surface area contributed by atoms with Crippen LogP contribution >= 0.6 is 15.2 Å². The van der Waals surface area contributed by atoms with Gasteiger partial charge in [0.1, 0.15) is 0 Å². The van der Waals surface area contributed by atoms with Gasteiger partial charge in [-0.05, 0) is 0 Å². The molecule has 0 aromatic rings. The Morgan fingerprint density at radius 2 is 1.25 bits per heavy atom. The van der Waals surface area contributed by atoms with Gasteiger partial charge >= 0.3 is 0 Å². The number of rotatable bonds is 6. The second-order valence-corrected chi connectivity index (χ2v) is 5.63. The fourth-order valence-corrected chi connectivity index (χ4v) is 2.44. The predicted octanol–water partition coefficient (Wildman–Crippen LogP) is -3.22. The van der Waals surface area contributed by atoms with Crippen LogP contribution in [0.1, 0.15) is 0 Å².